The van der Waals surface area contributed by atoms with Crippen molar-refractivity contribution in [2.75, 3.05) is 12.4 Å². The summed E-state index contributed by atoms with van der Waals surface area (Å²) >= 11 is 3.16. The fourth-order valence-electron chi connectivity index (χ4n) is 1.22. The van der Waals surface area contributed by atoms with Gasteiger partial charge in [0.1, 0.15) is 0 Å². The van der Waals surface area contributed by atoms with Crippen LogP contribution in [0.1, 0.15) is 19.8 Å². The Bertz CT molecular complexity index is 156. The fourth-order valence-corrected chi connectivity index (χ4v) is 1.61. The topological polar surface area (TPSA) is 20.3 Å². The summed E-state index contributed by atoms with van der Waals surface area (Å²) in [6, 6.07) is 0.431. The Morgan fingerprint density at radius 2 is 2.27 bits per heavy atom. The van der Waals surface area contributed by atoms with Crippen molar-refractivity contribution >= 4 is 21.8 Å². The number of carbonyl (C=O) groups is 1. The quantitative estimate of drug-likeness (QED) is 0.662. The van der Waals surface area contributed by atoms with E-state index in [1.165, 1.54) is 12.8 Å². The first-order valence-corrected chi connectivity index (χ1v) is 5.10. The zero-order valence-corrected chi connectivity index (χ0v) is 8.60. The second kappa shape index (κ2) is 3.57. The van der Waals surface area contributed by atoms with Gasteiger partial charge in [0.2, 0.25) is 5.91 Å². The lowest BCUT2D eigenvalue weighted by atomic mass is 10.2. The number of amides is 1. The molecule has 0 aromatic rings. The number of carbonyl (C=O) groups excluding carboxylic acids is 1. The highest BCUT2D eigenvalue weighted by Gasteiger charge is 2.31. The summed E-state index contributed by atoms with van der Waals surface area (Å²) in [6.45, 7) is 2.12. The molecule has 3 heteroatoms. The lowest BCUT2D eigenvalue weighted by molar-refractivity contribution is -0.129. The normalized spacial score (nSPS) is 19.5. The summed E-state index contributed by atoms with van der Waals surface area (Å²) in [7, 11) is 1.88. The molecule has 0 saturated heterocycles. The second-order valence-corrected chi connectivity index (χ2v) is 3.78. The molecule has 1 atom stereocenters. The lowest BCUT2D eigenvalue weighted by Crippen LogP contribution is -2.37. The van der Waals surface area contributed by atoms with Gasteiger partial charge in [-0.15, -0.1) is 0 Å². The smallest absolute Gasteiger partial charge is 0.233 e. The SMILES string of the molecule is CC(C1CC1)N(C)C(=O)CBr. The van der Waals surface area contributed by atoms with Crippen molar-refractivity contribution in [3.8, 4) is 0 Å². The number of halogens is 1. The van der Waals surface area contributed by atoms with Gasteiger partial charge < -0.3 is 4.90 Å². The summed E-state index contributed by atoms with van der Waals surface area (Å²) in [4.78, 5) is 13.0. The predicted octanol–water partition coefficient (Wildman–Crippen LogP) is 1.64. The molecular formula is C8H14BrNO. The molecule has 0 aromatic carbocycles. The Balaban J connectivity index is 2.38. The largest absolute Gasteiger partial charge is 0.342 e. The van der Waals surface area contributed by atoms with Gasteiger partial charge in [-0.05, 0) is 25.7 Å². The maximum Gasteiger partial charge on any atom is 0.233 e. The van der Waals surface area contributed by atoms with E-state index in [9.17, 15) is 4.79 Å². The van der Waals surface area contributed by atoms with Crippen LogP contribution >= 0.6 is 15.9 Å². The first-order chi connectivity index (χ1) is 5.16. The molecule has 1 rings (SSSR count). The molecule has 11 heavy (non-hydrogen) atoms. The van der Waals surface area contributed by atoms with E-state index < -0.39 is 0 Å². The number of hydrogen-bond donors (Lipinski definition) is 0. The number of nitrogens with zero attached hydrogens (tertiary/aromatic N) is 1. The van der Waals surface area contributed by atoms with Crippen molar-refractivity contribution in [2.45, 2.75) is 25.8 Å². The Hall–Kier alpha value is -0.0500. The third kappa shape index (κ3) is 2.19. The average Bonchev–Trinajstić information content (AvgIpc) is 2.82. The summed E-state index contributed by atoms with van der Waals surface area (Å²) in [5.74, 6) is 0.951. The Kier molecular flexibility index (Phi) is 2.93. The average molecular weight is 220 g/mol. The molecule has 0 bridgehead atoms. The van der Waals surface area contributed by atoms with E-state index in [1.807, 2.05) is 11.9 Å². The van der Waals surface area contributed by atoms with Crippen LogP contribution in [0, 0.1) is 5.92 Å². The van der Waals surface area contributed by atoms with Gasteiger partial charge >= 0.3 is 0 Å². The van der Waals surface area contributed by atoms with Crippen molar-refractivity contribution < 1.29 is 4.79 Å². The van der Waals surface area contributed by atoms with Crippen LogP contribution in [0.5, 0.6) is 0 Å². The van der Waals surface area contributed by atoms with E-state index in [0.29, 0.717) is 11.4 Å². The van der Waals surface area contributed by atoms with Crippen LogP contribution in [0.4, 0.5) is 0 Å². The van der Waals surface area contributed by atoms with Gasteiger partial charge in [0, 0.05) is 13.1 Å². The second-order valence-electron chi connectivity index (χ2n) is 3.22. The minimum absolute atomic E-state index is 0.185. The molecule has 2 nitrogen and oxygen atoms in total. The molecule has 64 valence electrons. The molecule has 1 amide bonds. The standard InChI is InChI=1S/C8H14BrNO/c1-6(7-3-4-7)10(2)8(11)5-9/h6-7H,3-5H2,1-2H3. The molecule has 1 aliphatic carbocycles. The predicted molar refractivity (Wildman–Crippen MR) is 48.8 cm³/mol. The maximum absolute atomic E-state index is 11.2. The van der Waals surface area contributed by atoms with E-state index >= 15 is 0 Å². The highest BCUT2D eigenvalue weighted by atomic mass is 79.9. The van der Waals surface area contributed by atoms with Gasteiger partial charge in [0.25, 0.3) is 0 Å². The van der Waals surface area contributed by atoms with Crippen molar-refractivity contribution in [3.05, 3.63) is 0 Å². The number of alkyl halides is 1. The van der Waals surface area contributed by atoms with Gasteiger partial charge in [0.15, 0.2) is 0 Å². The molecule has 0 N–H and O–H groups in total. The van der Waals surface area contributed by atoms with Crippen LogP contribution in [0.2, 0.25) is 0 Å². The number of hydrogen-bond acceptors (Lipinski definition) is 1. The summed E-state index contributed by atoms with van der Waals surface area (Å²) in [5, 5.41) is 0.445. The van der Waals surface area contributed by atoms with Crippen LogP contribution < -0.4 is 0 Å². The van der Waals surface area contributed by atoms with Crippen molar-refractivity contribution in [1.29, 1.82) is 0 Å². The van der Waals surface area contributed by atoms with E-state index in [0.717, 1.165) is 5.92 Å². The van der Waals surface area contributed by atoms with Crippen LogP contribution in [-0.4, -0.2) is 29.2 Å². The van der Waals surface area contributed by atoms with Crippen molar-refractivity contribution in [1.82, 2.24) is 4.90 Å². The summed E-state index contributed by atoms with van der Waals surface area (Å²) in [5.41, 5.74) is 0. The van der Waals surface area contributed by atoms with Gasteiger partial charge in [-0.1, -0.05) is 15.9 Å². The summed E-state index contributed by atoms with van der Waals surface area (Å²) < 4.78 is 0. The molecule has 0 aliphatic heterocycles. The third-order valence-electron chi connectivity index (χ3n) is 2.42. The van der Waals surface area contributed by atoms with E-state index in [2.05, 4.69) is 22.9 Å². The summed E-state index contributed by atoms with van der Waals surface area (Å²) in [6.07, 6.45) is 2.59. The maximum atomic E-state index is 11.2. The van der Waals surface area contributed by atoms with Crippen molar-refractivity contribution in [2.24, 2.45) is 5.92 Å². The molecule has 0 aromatic heterocycles. The number of rotatable bonds is 3. The van der Waals surface area contributed by atoms with Crippen LogP contribution in [-0.2, 0) is 4.79 Å². The van der Waals surface area contributed by atoms with Crippen LogP contribution in [0.25, 0.3) is 0 Å². The lowest BCUT2D eigenvalue weighted by Gasteiger charge is -2.23. The highest BCUT2D eigenvalue weighted by molar-refractivity contribution is 9.09. The monoisotopic (exact) mass is 219 g/mol. The van der Waals surface area contributed by atoms with Crippen LogP contribution in [0.3, 0.4) is 0 Å². The highest BCUT2D eigenvalue weighted by Crippen LogP contribution is 2.34. The first kappa shape index (κ1) is 9.04. The van der Waals surface area contributed by atoms with Crippen molar-refractivity contribution in [3.63, 3.8) is 0 Å². The molecule has 0 spiro atoms. The minimum atomic E-state index is 0.185. The first-order valence-electron chi connectivity index (χ1n) is 3.98. The Morgan fingerprint density at radius 3 is 2.64 bits per heavy atom. The molecule has 0 heterocycles. The molecule has 1 fully saturated rings. The zero-order valence-electron chi connectivity index (χ0n) is 7.01. The fraction of sp³-hybridized carbons (Fsp3) is 0.875. The Morgan fingerprint density at radius 1 is 1.73 bits per heavy atom. The minimum Gasteiger partial charge on any atom is -0.342 e. The Labute approximate surface area is 76.1 Å². The van der Waals surface area contributed by atoms with E-state index in [4.69, 9.17) is 0 Å². The molecular weight excluding hydrogens is 206 g/mol. The van der Waals surface area contributed by atoms with Gasteiger partial charge in [-0.25, -0.2) is 0 Å². The van der Waals surface area contributed by atoms with E-state index in [1.54, 1.807) is 0 Å². The molecule has 1 aliphatic rings. The molecule has 1 unspecified atom stereocenters. The molecule has 1 saturated carbocycles. The van der Waals surface area contributed by atoms with Crippen LogP contribution in [0.15, 0.2) is 0 Å². The van der Waals surface area contributed by atoms with E-state index in [-0.39, 0.29) is 5.91 Å². The van der Waals surface area contributed by atoms with Gasteiger partial charge in [0.05, 0.1) is 5.33 Å². The zero-order chi connectivity index (χ0) is 8.43. The third-order valence-corrected chi connectivity index (χ3v) is 2.90. The van der Waals surface area contributed by atoms with Gasteiger partial charge in [-0.3, -0.25) is 4.79 Å². The van der Waals surface area contributed by atoms with Gasteiger partial charge in [-0.2, -0.15) is 0 Å². The molecule has 0 radical (unpaired) electrons.